The molecule has 0 saturated carbocycles. The Hall–Kier alpha value is -1.79. The highest BCUT2D eigenvalue weighted by Crippen LogP contribution is 2.32. The van der Waals surface area contributed by atoms with Gasteiger partial charge in [0.25, 0.3) is 0 Å². The van der Waals surface area contributed by atoms with E-state index in [2.05, 4.69) is 5.32 Å². The highest BCUT2D eigenvalue weighted by Gasteiger charge is 2.31. The van der Waals surface area contributed by atoms with Crippen LogP contribution in [0.1, 0.15) is 25.8 Å². The van der Waals surface area contributed by atoms with E-state index in [0.717, 1.165) is 12.1 Å². The minimum Gasteiger partial charge on any atom is -0.481 e. The van der Waals surface area contributed by atoms with Gasteiger partial charge < -0.3 is 10.4 Å². The van der Waals surface area contributed by atoms with E-state index in [1.54, 1.807) is 0 Å². The van der Waals surface area contributed by atoms with Crippen LogP contribution < -0.4 is 5.32 Å². The third-order valence-corrected chi connectivity index (χ3v) is 2.36. The van der Waals surface area contributed by atoms with Crippen molar-refractivity contribution in [2.24, 2.45) is 0 Å². The molecule has 106 valence electrons. The molecule has 1 aromatic rings. The predicted molar refractivity (Wildman–Crippen MR) is 61.4 cm³/mol. The summed E-state index contributed by atoms with van der Waals surface area (Å²) in [6.07, 6.45) is -4.91. The number of alkyl halides is 3. The van der Waals surface area contributed by atoms with E-state index >= 15 is 0 Å². The summed E-state index contributed by atoms with van der Waals surface area (Å²) < 4.78 is 50.6. The van der Waals surface area contributed by atoms with Crippen molar-refractivity contribution in [3.05, 3.63) is 29.6 Å². The van der Waals surface area contributed by atoms with Crippen LogP contribution in [0.3, 0.4) is 0 Å². The largest absolute Gasteiger partial charge is 0.481 e. The van der Waals surface area contributed by atoms with Crippen molar-refractivity contribution in [2.75, 3.05) is 5.32 Å². The van der Waals surface area contributed by atoms with E-state index in [1.807, 2.05) is 0 Å². The van der Waals surface area contributed by atoms with Crippen LogP contribution in [0, 0.1) is 5.82 Å². The van der Waals surface area contributed by atoms with Gasteiger partial charge in [-0.3, -0.25) is 4.79 Å². The molecule has 7 heteroatoms. The van der Waals surface area contributed by atoms with Gasteiger partial charge in [0.1, 0.15) is 5.82 Å². The molecule has 19 heavy (non-hydrogen) atoms. The molecule has 0 fully saturated rings. The number of anilines is 1. The molecule has 1 rings (SSSR count). The smallest absolute Gasteiger partial charge is 0.416 e. The standard InChI is InChI=1S/C12H13F4NO2/c1-11(2,6-10(18)19)17-9-4-3-7(5-8(9)13)12(14,15)16/h3-5,17H,6H2,1-2H3,(H,18,19). The summed E-state index contributed by atoms with van der Waals surface area (Å²) in [7, 11) is 0. The molecule has 0 amide bonds. The molecule has 0 bridgehead atoms. The zero-order chi connectivity index (χ0) is 14.8. The lowest BCUT2D eigenvalue weighted by Crippen LogP contribution is -2.34. The van der Waals surface area contributed by atoms with Gasteiger partial charge in [-0.1, -0.05) is 0 Å². The van der Waals surface area contributed by atoms with E-state index in [-0.39, 0.29) is 12.1 Å². The zero-order valence-electron chi connectivity index (χ0n) is 10.3. The number of carboxylic acid groups (broad SMARTS) is 1. The van der Waals surface area contributed by atoms with Crippen molar-refractivity contribution >= 4 is 11.7 Å². The summed E-state index contributed by atoms with van der Waals surface area (Å²) in [6.45, 7) is 3.02. The second-order valence-electron chi connectivity index (χ2n) is 4.77. The Kier molecular flexibility index (Phi) is 4.07. The van der Waals surface area contributed by atoms with Crippen LogP contribution in [0.25, 0.3) is 0 Å². The van der Waals surface area contributed by atoms with Crippen molar-refractivity contribution < 1.29 is 27.5 Å². The van der Waals surface area contributed by atoms with Crippen LogP contribution in [0.4, 0.5) is 23.2 Å². The first-order chi connectivity index (χ1) is 8.51. The molecule has 0 spiro atoms. The maximum atomic E-state index is 13.5. The highest BCUT2D eigenvalue weighted by atomic mass is 19.4. The Morgan fingerprint density at radius 2 is 1.89 bits per heavy atom. The average Bonchev–Trinajstić information content (AvgIpc) is 2.16. The number of rotatable bonds is 4. The minimum absolute atomic E-state index is 0.167. The molecule has 0 aliphatic rings. The Morgan fingerprint density at radius 3 is 2.32 bits per heavy atom. The normalized spacial score (nSPS) is 12.3. The summed E-state index contributed by atoms with van der Waals surface area (Å²) >= 11 is 0. The molecule has 2 N–H and O–H groups in total. The van der Waals surface area contributed by atoms with Crippen molar-refractivity contribution in [1.82, 2.24) is 0 Å². The lowest BCUT2D eigenvalue weighted by atomic mass is 10.00. The summed E-state index contributed by atoms with van der Waals surface area (Å²) in [5.41, 5.74) is -2.24. The Morgan fingerprint density at radius 1 is 1.32 bits per heavy atom. The lowest BCUT2D eigenvalue weighted by Gasteiger charge is -2.26. The van der Waals surface area contributed by atoms with Crippen molar-refractivity contribution in [3.63, 3.8) is 0 Å². The van der Waals surface area contributed by atoms with Gasteiger partial charge in [-0.15, -0.1) is 0 Å². The van der Waals surface area contributed by atoms with Crippen LogP contribution in [-0.2, 0) is 11.0 Å². The first kappa shape index (κ1) is 15.3. The highest BCUT2D eigenvalue weighted by molar-refractivity contribution is 5.69. The second kappa shape index (κ2) is 5.07. The third kappa shape index (κ3) is 4.42. The van der Waals surface area contributed by atoms with Gasteiger partial charge in [-0.25, -0.2) is 4.39 Å². The fraction of sp³-hybridized carbons (Fsp3) is 0.417. The number of hydrogen-bond acceptors (Lipinski definition) is 2. The molecule has 0 unspecified atom stereocenters. The molecule has 3 nitrogen and oxygen atoms in total. The van der Waals surface area contributed by atoms with Crippen LogP contribution in [0.2, 0.25) is 0 Å². The molecule has 0 aliphatic heterocycles. The number of halogens is 4. The summed E-state index contributed by atoms with van der Waals surface area (Å²) in [5, 5.41) is 11.2. The van der Waals surface area contributed by atoms with Gasteiger partial charge in [-0.05, 0) is 32.0 Å². The molecule has 0 atom stereocenters. The van der Waals surface area contributed by atoms with E-state index in [4.69, 9.17) is 5.11 Å². The fourth-order valence-corrected chi connectivity index (χ4v) is 1.58. The van der Waals surface area contributed by atoms with Gasteiger partial charge in [0.2, 0.25) is 0 Å². The van der Waals surface area contributed by atoms with Crippen LogP contribution in [0.5, 0.6) is 0 Å². The molecule has 0 heterocycles. The van der Waals surface area contributed by atoms with Crippen molar-refractivity contribution in [3.8, 4) is 0 Å². The van der Waals surface area contributed by atoms with Crippen molar-refractivity contribution in [1.29, 1.82) is 0 Å². The number of hydrogen-bond donors (Lipinski definition) is 2. The van der Waals surface area contributed by atoms with E-state index in [1.165, 1.54) is 13.8 Å². The zero-order valence-corrected chi connectivity index (χ0v) is 10.3. The fourth-order valence-electron chi connectivity index (χ4n) is 1.58. The quantitative estimate of drug-likeness (QED) is 0.829. The Balaban J connectivity index is 2.95. The Bertz CT molecular complexity index is 483. The predicted octanol–water partition coefficient (Wildman–Crippen LogP) is 3.51. The van der Waals surface area contributed by atoms with Crippen LogP contribution in [0.15, 0.2) is 18.2 Å². The molecule has 1 aromatic carbocycles. The monoisotopic (exact) mass is 279 g/mol. The van der Waals surface area contributed by atoms with Gasteiger partial charge in [-0.2, -0.15) is 13.2 Å². The van der Waals surface area contributed by atoms with E-state index in [9.17, 15) is 22.4 Å². The number of nitrogens with one attached hydrogen (secondary N) is 1. The number of aliphatic carboxylic acids is 1. The summed E-state index contributed by atoms with van der Waals surface area (Å²) in [5.74, 6) is -2.17. The van der Waals surface area contributed by atoms with Crippen LogP contribution >= 0.6 is 0 Å². The van der Waals surface area contributed by atoms with Gasteiger partial charge in [0, 0.05) is 5.54 Å². The molecular weight excluding hydrogens is 266 g/mol. The maximum Gasteiger partial charge on any atom is 0.416 e. The maximum absolute atomic E-state index is 13.5. The molecule has 0 radical (unpaired) electrons. The first-order valence-electron chi connectivity index (χ1n) is 5.38. The molecule has 0 saturated heterocycles. The summed E-state index contributed by atoms with van der Waals surface area (Å²) in [4.78, 5) is 10.6. The van der Waals surface area contributed by atoms with E-state index in [0.29, 0.717) is 6.07 Å². The summed E-state index contributed by atoms with van der Waals surface area (Å²) in [6, 6.07) is 2.06. The number of carboxylic acids is 1. The topological polar surface area (TPSA) is 49.3 Å². The molecule has 0 aliphatic carbocycles. The number of benzene rings is 1. The van der Waals surface area contributed by atoms with Crippen LogP contribution in [-0.4, -0.2) is 16.6 Å². The van der Waals surface area contributed by atoms with Gasteiger partial charge >= 0.3 is 12.1 Å². The number of carbonyl (C=O) groups is 1. The Labute approximate surface area is 107 Å². The second-order valence-corrected chi connectivity index (χ2v) is 4.77. The average molecular weight is 279 g/mol. The molecular formula is C12H13F4NO2. The molecule has 0 aromatic heterocycles. The van der Waals surface area contributed by atoms with Crippen molar-refractivity contribution in [2.45, 2.75) is 32.0 Å². The van der Waals surface area contributed by atoms with E-state index < -0.39 is 29.1 Å². The van der Waals surface area contributed by atoms with Gasteiger partial charge in [0.15, 0.2) is 0 Å². The van der Waals surface area contributed by atoms with Gasteiger partial charge in [0.05, 0.1) is 17.7 Å². The third-order valence-electron chi connectivity index (χ3n) is 2.36. The minimum atomic E-state index is -4.62. The lowest BCUT2D eigenvalue weighted by molar-refractivity contribution is -0.138. The first-order valence-corrected chi connectivity index (χ1v) is 5.38. The SMILES string of the molecule is CC(C)(CC(=O)O)Nc1ccc(C(F)(F)F)cc1F.